The number of piperazine rings is 1. The second-order valence-electron chi connectivity index (χ2n) is 13.9. The van der Waals surface area contributed by atoms with Crippen LogP contribution in [0, 0.1) is 29.0 Å². The predicted molar refractivity (Wildman–Crippen MR) is 170 cm³/mol. The van der Waals surface area contributed by atoms with Crippen LogP contribution in [0.3, 0.4) is 0 Å². The monoisotopic (exact) mass is 597 g/mol. The zero-order valence-electron chi connectivity index (χ0n) is 26.1. The van der Waals surface area contributed by atoms with E-state index < -0.39 is 0 Å². The Morgan fingerprint density at radius 2 is 1.68 bits per heavy atom. The van der Waals surface area contributed by atoms with Gasteiger partial charge in [0.2, 0.25) is 0 Å². The van der Waals surface area contributed by atoms with Gasteiger partial charge in [-0.15, -0.1) is 10.2 Å². The average Bonchev–Trinajstić information content (AvgIpc) is 3.01. The molecule has 8 heteroatoms. The van der Waals surface area contributed by atoms with Gasteiger partial charge in [-0.1, -0.05) is 24.3 Å². The maximum absolute atomic E-state index is 15.1. The Kier molecular flexibility index (Phi) is 8.04. The number of halogens is 1. The first-order valence-corrected chi connectivity index (χ1v) is 16.4. The lowest BCUT2D eigenvalue weighted by atomic mass is 9.49. The highest BCUT2D eigenvalue weighted by molar-refractivity contribution is 5.92. The molecule has 0 spiro atoms. The molecule has 1 amide bonds. The van der Waals surface area contributed by atoms with Crippen LogP contribution in [0.15, 0.2) is 54.6 Å². The molecule has 5 aliphatic rings. The molecule has 5 fully saturated rings. The molecular weight excluding hydrogens is 553 g/mol. The van der Waals surface area contributed by atoms with Gasteiger partial charge in [0.25, 0.3) is 5.91 Å². The van der Waals surface area contributed by atoms with Crippen LogP contribution >= 0.6 is 0 Å². The number of hydrogen-bond donors (Lipinski definition) is 0. The summed E-state index contributed by atoms with van der Waals surface area (Å²) in [5.41, 5.74) is 3.10. The van der Waals surface area contributed by atoms with E-state index in [2.05, 4.69) is 20.0 Å². The maximum atomic E-state index is 15.1. The lowest BCUT2D eigenvalue weighted by Gasteiger charge is -2.57. The molecule has 4 bridgehead atoms. The lowest BCUT2D eigenvalue weighted by molar-refractivity contribution is -0.0629. The molecule has 8 rings (SSSR count). The van der Waals surface area contributed by atoms with E-state index >= 15 is 4.39 Å². The number of benzene rings is 2. The van der Waals surface area contributed by atoms with Crippen molar-refractivity contribution in [3.63, 3.8) is 0 Å². The third kappa shape index (κ3) is 6.06. The highest BCUT2D eigenvalue weighted by atomic mass is 19.1. The average molecular weight is 598 g/mol. The van der Waals surface area contributed by atoms with E-state index in [1.165, 1.54) is 38.5 Å². The van der Waals surface area contributed by atoms with Crippen molar-refractivity contribution in [2.75, 3.05) is 51.3 Å². The van der Waals surface area contributed by atoms with Gasteiger partial charge in [0.05, 0.1) is 6.61 Å². The van der Waals surface area contributed by atoms with Crippen LogP contribution in [0.4, 0.5) is 10.2 Å². The molecule has 44 heavy (non-hydrogen) atoms. The van der Waals surface area contributed by atoms with Crippen LogP contribution < -0.4 is 9.64 Å². The smallest absolute Gasteiger partial charge is 0.274 e. The van der Waals surface area contributed by atoms with E-state index in [0.29, 0.717) is 29.8 Å². The molecule has 0 atom stereocenters. The van der Waals surface area contributed by atoms with Gasteiger partial charge in [0.15, 0.2) is 11.5 Å². The van der Waals surface area contributed by atoms with Crippen LogP contribution in [0.1, 0.15) is 61.5 Å². The number of amides is 1. The number of aromatic nitrogens is 2. The van der Waals surface area contributed by atoms with Crippen LogP contribution in [-0.4, -0.2) is 72.3 Å². The molecule has 7 nitrogen and oxygen atoms in total. The first kappa shape index (κ1) is 29.2. The third-order valence-corrected chi connectivity index (χ3v) is 10.5. The van der Waals surface area contributed by atoms with Gasteiger partial charge < -0.3 is 14.5 Å². The van der Waals surface area contributed by atoms with Crippen molar-refractivity contribution < 1.29 is 13.9 Å². The molecule has 3 aromatic rings. The zero-order valence-corrected chi connectivity index (χ0v) is 26.1. The number of nitrogens with zero attached hydrogens (tertiary/aromatic N) is 5. The molecule has 4 saturated carbocycles. The van der Waals surface area contributed by atoms with Crippen LogP contribution in [0.25, 0.3) is 11.1 Å². The number of anilines is 1. The number of ether oxygens (including phenoxy) is 1. The summed E-state index contributed by atoms with van der Waals surface area (Å²) in [5.74, 6) is 3.93. The Balaban J connectivity index is 0.915. The van der Waals surface area contributed by atoms with Gasteiger partial charge in [-0.2, -0.15) is 0 Å². The zero-order chi connectivity index (χ0) is 30.3. The van der Waals surface area contributed by atoms with Crippen molar-refractivity contribution in [3.05, 3.63) is 71.7 Å². The highest BCUT2D eigenvalue weighted by Gasteiger charge is 2.51. The Labute approximate surface area is 260 Å². The minimum absolute atomic E-state index is 0.0233. The van der Waals surface area contributed by atoms with Crippen LogP contribution in [0.2, 0.25) is 0 Å². The largest absolute Gasteiger partial charge is 0.494 e. The standard InChI is InChI=1S/C36H44FN5O2/c1-3-44-30-6-4-5-29(19-30)31-8-7-25(18-32(31)37)23-41-11-13-42(14-12-41)34-10-9-33(38-39-34)35(43)40(2)24-36-20-26-15-27(21-36)17-28(16-26)22-36/h4-10,18-19,26-28H,3,11-17,20-24H2,1-2H3. The van der Waals surface area contributed by atoms with Gasteiger partial charge in [0.1, 0.15) is 11.6 Å². The van der Waals surface area contributed by atoms with Crippen LogP contribution in [-0.2, 0) is 6.54 Å². The number of rotatable bonds is 9. The Morgan fingerprint density at radius 3 is 2.32 bits per heavy atom. The molecule has 1 saturated heterocycles. The Bertz CT molecular complexity index is 1450. The summed E-state index contributed by atoms with van der Waals surface area (Å²) >= 11 is 0. The maximum Gasteiger partial charge on any atom is 0.274 e. The number of carbonyl (C=O) groups excluding carboxylic acids is 1. The van der Waals surface area contributed by atoms with E-state index in [0.717, 1.165) is 73.2 Å². The minimum atomic E-state index is -0.219. The van der Waals surface area contributed by atoms with E-state index in [1.54, 1.807) is 6.07 Å². The van der Waals surface area contributed by atoms with Crippen molar-refractivity contribution in [3.8, 4) is 16.9 Å². The summed E-state index contributed by atoms with van der Waals surface area (Å²) in [6.45, 7) is 7.35. The SMILES string of the molecule is CCOc1cccc(-c2ccc(CN3CCN(c4ccc(C(=O)N(C)CC56CC7CC(CC(C7)C5)C6)nn4)CC3)cc2F)c1. The molecule has 2 aromatic carbocycles. The minimum Gasteiger partial charge on any atom is -0.494 e. The number of hydrogen-bond acceptors (Lipinski definition) is 6. The topological polar surface area (TPSA) is 61.8 Å². The summed E-state index contributed by atoms with van der Waals surface area (Å²) in [4.78, 5) is 19.8. The fourth-order valence-electron chi connectivity index (χ4n) is 9.07. The molecule has 0 N–H and O–H groups in total. The molecule has 4 aliphatic carbocycles. The summed E-state index contributed by atoms with van der Waals surface area (Å²) < 4.78 is 20.7. The second-order valence-corrected chi connectivity index (χ2v) is 13.9. The van der Waals surface area contributed by atoms with Gasteiger partial charge >= 0.3 is 0 Å². The molecule has 0 radical (unpaired) electrons. The quantitative estimate of drug-likeness (QED) is 0.289. The first-order chi connectivity index (χ1) is 21.4. The van der Waals surface area contributed by atoms with E-state index in [9.17, 15) is 4.79 Å². The lowest BCUT2D eigenvalue weighted by Crippen LogP contribution is -2.51. The third-order valence-electron chi connectivity index (χ3n) is 10.5. The van der Waals surface area contributed by atoms with Crippen LogP contribution in [0.5, 0.6) is 5.75 Å². The van der Waals surface area contributed by atoms with Gasteiger partial charge in [-0.25, -0.2) is 4.39 Å². The van der Waals surface area contributed by atoms with Gasteiger partial charge in [-0.05, 0) is 110 Å². The van der Waals surface area contributed by atoms with E-state index in [-0.39, 0.29) is 11.7 Å². The first-order valence-electron chi connectivity index (χ1n) is 16.4. The molecule has 2 heterocycles. The number of carbonyl (C=O) groups is 1. The van der Waals surface area contributed by atoms with Crippen molar-refractivity contribution in [2.45, 2.75) is 52.0 Å². The van der Waals surface area contributed by atoms with Crippen molar-refractivity contribution >= 4 is 11.7 Å². The van der Waals surface area contributed by atoms with Gasteiger partial charge in [-0.3, -0.25) is 9.69 Å². The van der Waals surface area contributed by atoms with Crippen molar-refractivity contribution in [1.82, 2.24) is 20.0 Å². The van der Waals surface area contributed by atoms with Crippen molar-refractivity contribution in [1.29, 1.82) is 0 Å². The summed E-state index contributed by atoms with van der Waals surface area (Å²) in [6, 6.07) is 16.9. The van der Waals surface area contributed by atoms with E-state index in [1.807, 2.05) is 67.4 Å². The van der Waals surface area contributed by atoms with Gasteiger partial charge in [0, 0.05) is 51.9 Å². The molecule has 0 unspecified atom stereocenters. The van der Waals surface area contributed by atoms with E-state index in [4.69, 9.17) is 4.74 Å². The molecule has 1 aromatic heterocycles. The fourth-order valence-corrected chi connectivity index (χ4v) is 9.07. The Morgan fingerprint density at radius 1 is 0.955 bits per heavy atom. The molecular formula is C36H44FN5O2. The predicted octanol–water partition coefficient (Wildman–Crippen LogP) is 6.29. The summed E-state index contributed by atoms with van der Waals surface area (Å²) in [5, 5.41) is 8.83. The summed E-state index contributed by atoms with van der Waals surface area (Å²) in [7, 11) is 1.94. The Hall–Kier alpha value is -3.52. The summed E-state index contributed by atoms with van der Waals surface area (Å²) in [6.07, 6.45) is 8.10. The fraction of sp³-hybridized carbons (Fsp3) is 0.528. The second kappa shape index (κ2) is 12.1. The highest BCUT2D eigenvalue weighted by Crippen LogP contribution is 2.60. The molecule has 232 valence electrons. The normalized spacial score (nSPS) is 26.2. The molecule has 1 aliphatic heterocycles. The van der Waals surface area contributed by atoms with Crippen molar-refractivity contribution in [2.24, 2.45) is 23.2 Å².